The van der Waals surface area contributed by atoms with E-state index in [4.69, 9.17) is 5.73 Å². The fraction of sp³-hybridized carbons (Fsp3) is 0.625. The maximum absolute atomic E-state index is 6.54. The average molecular weight is 231 g/mol. The molecule has 1 unspecified atom stereocenters. The molecule has 1 fully saturated rings. The number of nitrogens with two attached hydrogens (primary N) is 1. The van der Waals surface area contributed by atoms with Gasteiger partial charge in [-0.3, -0.25) is 0 Å². The molecule has 0 amide bonds. The quantitative estimate of drug-likeness (QED) is 0.834. The van der Waals surface area contributed by atoms with Gasteiger partial charge in [0.05, 0.1) is 0 Å². The Hall–Kier alpha value is -0.820. The Morgan fingerprint density at radius 2 is 1.82 bits per heavy atom. The predicted molar refractivity (Wildman–Crippen MR) is 74.0 cm³/mol. The molecule has 94 valence electrons. The highest BCUT2D eigenvalue weighted by Crippen LogP contribution is 2.35. The zero-order chi connectivity index (χ0) is 12.5. The molecule has 0 aromatic heterocycles. The zero-order valence-corrected chi connectivity index (χ0v) is 11.4. The summed E-state index contributed by atoms with van der Waals surface area (Å²) in [7, 11) is 0. The maximum atomic E-state index is 6.54. The summed E-state index contributed by atoms with van der Waals surface area (Å²) < 4.78 is 0. The molecular weight excluding hydrogens is 206 g/mol. The summed E-state index contributed by atoms with van der Waals surface area (Å²) in [5.74, 6) is 0.839. The fourth-order valence-corrected chi connectivity index (χ4v) is 3.03. The molecular formula is C16H25N. The first-order chi connectivity index (χ1) is 7.99. The summed E-state index contributed by atoms with van der Waals surface area (Å²) in [5, 5.41) is 0. The molecule has 1 atom stereocenters. The lowest BCUT2D eigenvalue weighted by atomic mass is 9.82. The molecule has 1 nitrogen and oxygen atoms in total. The molecule has 2 N–H and O–H groups in total. The van der Waals surface area contributed by atoms with Gasteiger partial charge < -0.3 is 5.73 Å². The normalized spacial score (nSPS) is 20.5. The number of rotatable bonds is 3. The van der Waals surface area contributed by atoms with Gasteiger partial charge in [-0.25, -0.2) is 0 Å². The minimum Gasteiger partial charge on any atom is -0.322 e. The smallest absolute Gasteiger partial charge is 0.0383 e. The van der Waals surface area contributed by atoms with Crippen LogP contribution < -0.4 is 5.73 Å². The topological polar surface area (TPSA) is 26.0 Å². The van der Waals surface area contributed by atoms with Gasteiger partial charge in [0.2, 0.25) is 0 Å². The van der Waals surface area contributed by atoms with E-state index in [1.165, 1.54) is 42.4 Å². The first-order valence-electron chi connectivity index (χ1n) is 6.86. The van der Waals surface area contributed by atoms with Gasteiger partial charge in [0.15, 0.2) is 0 Å². The third-order valence-corrected chi connectivity index (χ3v) is 4.35. The maximum Gasteiger partial charge on any atom is 0.0383 e. The van der Waals surface area contributed by atoms with Crippen molar-refractivity contribution in [2.45, 2.75) is 58.4 Å². The van der Waals surface area contributed by atoms with Crippen LogP contribution in [0.5, 0.6) is 0 Å². The SMILES string of the molecule is Cc1ccc(C(C)(N)CC2CCCC2)cc1C. The van der Waals surface area contributed by atoms with Crippen LogP contribution in [0.25, 0.3) is 0 Å². The molecule has 0 bridgehead atoms. The van der Waals surface area contributed by atoms with Gasteiger partial charge in [0, 0.05) is 5.54 Å². The summed E-state index contributed by atoms with van der Waals surface area (Å²) in [6.45, 7) is 6.52. The van der Waals surface area contributed by atoms with Crippen LogP contribution in [0, 0.1) is 19.8 Å². The molecule has 1 aromatic carbocycles. The number of hydrogen-bond donors (Lipinski definition) is 1. The molecule has 1 aromatic rings. The van der Waals surface area contributed by atoms with Crippen molar-refractivity contribution in [3.05, 3.63) is 34.9 Å². The molecule has 0 spiro atoms. The van der Waals surface area contributed by atoms with Gasteiger partial charge in [-0.2, -0.15) is 0 Å². The molecule has 17 heavy (non-hydrogen) atoms. The van der Waals surface area contributed by atoms with E-state index in [1.807, 2.05) is 0 Å². The molecule has 1 saturated carbocycles. The van der Waals surface area contributed by atoms with Crippen LogP contribution in [0.2, 0.25) is 0 Å². The molecule has 2 rings (SSSR count). The van der Waals surface area contributed by atoms with Crippen LogP contribution in [-0.4, -0.2) is 0 Å². The first kappa shape index (κ1) is 12.6. The Morgan fingerprint density at radius 3 is 2.41 bits per heavy atom. The highest BCUT2D eigenvalue weighted by Gasteiger charge is 2.27. The van der Waals surface area contributed by atoms with E-state index >= 15 is 0 Å². The van der Waals surface area contributed by atoms with Crippen molar-refractivity contribution in [3.8, 4) is 0 Å². The number of aryl methyl sites for hydroxylation is 2. The van der Waals surface area contributed by atoms with E-state index < -0.39 is 0 Å². The van der Waals surface area contributed by atoms with E-state index in [-0.39, 0.29) is 5.54 Å². The second-order valence-electron chi connectivity index (χ2n) is 6.07. The minimum atomic E-state index is -0.159. The van der Waals surface area contributed by atoms with Crippen LogP contribution in [0.1, 0.15) is 55.7 Å². The predicted octanol–water partition coefficient (Wildman–Crippen LogP) is 4.06. The second-order valence-corrected chi connectivity index (χ2v) is 6.07. The van der Waals surface area contributed by atoms with Gasteiger partial charge >= 0.3 is 0 Å². The van der Waals surface area contributed by atoms with E-state index in [0.29, 0.717) is 0 Å². The van der Waals surface area contributed by atoms with Crippen LogP contribution in [0.4, 0.5) is 0 Å². The molecule has 1 aliphatic rings. The van der Waals surface area contributed by atoms with Crippen molar-refractivity contribution < 1.29 is 0 Å². The second kappa shape index (κ2) is 4.81. The van der Waals surface area contributed by atoms with E-state index in [9.17, 15) is 0 Å². The van der Waals surface area contributed by atoms with E-state index in [2.05, 4.69) is 39.0 Å². The molecule has 0 heterocycles. The van der Waals surface area contributed by atoms with Crippen molar-refractivity contribution in [1.82, 2.24) is 0 Å². The molecule has 0 radical (unpaired) electrons. The van der Waals surface area contributed by atoms with Crippen molar-refractivity contribution in [2.75, 3.05) is 0 Å². The van der Waals surface area contributed by atoms with Crippen LogP contribution in [0.3, 0.4) is 0 Å². The third kappa shape index (κ3) is 2.90. The highest BCUT2D eigenvalue weighted by atomic mass is 14.7. The summed E-state index contributed by atoms with van der Waals surface area (Å²) in [6.07, 6.45) is 6.67. The van der Waals surface area contributed by atoms with Crippen molar-refractivity contribution >= 4 is 0 Å². The van der Waals surface area contributed by atoms with Gasteiger partial charge in [0.25, 0.3) is 0 Å². The lowest BCUT2D eigenvalue weighted by Gasteiger charge is -2.29. The first-order valence-corrected chi connectivity index (χ1v) is 6.86. The largest absolute Gasteiger partial charge is 0.322 e. The Balaban J connectivity index is 2.14. The zero-order valence-electron chi connectivity index (χ0n) is 11.4. The van der Waals surface area contributed by atoms with Crippen molar-refractivity contribution in [2.24, 2.45) is 11.7 Å². The molecule has 1 heteroatoms. The summed E-state index contributed by atoms with van der Waals surface area (Å²) in [4.78, 5) is 0. The molecule has 0 aliphatic heterocycles. The van der Waals surface area contributed by atoms with Crippen molar-refractivity contribution in [1.29, 1.82) is 0 Å². The van der Waals surface area contributed by atoms with Crippen LogP contribution >= 0.6 is 0 Å². The Kier molecular flexibility index (Phi) is 3.58. The van der Waals surface area contributed by atoms with Crippen LogP contribution in [-0.2, 0) is 5.54 Å². The van der Waals surface area contributed by atoms with Crippen LogP contribution in [0.15, 0.2) is 18.2 Å². The van der Waals surface area contributed by atoms with Gasteiger partial charge in [-0.15, -0.1) is 0 Å². The monoisotopic (exact) mass is 231 g/mol. The summed E-state index contributed by atoms with van der Waals surface area (Å²) in [5.41, 5.74) is 10.4. The van der Waals surface area contributed by atoms with Gasteiger partial charge in [-0.05, 0) is 49.8 Å². The Morgan fingerprint density at radius 1 is 1.18 bits per heavy atom. The van der Waals surface area contributed by atoms with Crippen molar-refractivity contribution in [3.63, 3.8) is 0 Å². The summed E-state index contributed by atoms with van der Waals surface area (Å²) >= 11 is 0. The third-order valence-electron chi connectivity index (χ3n) is 4.35. The number of benzene rings is 1. The lowest BCUT2D eigenvalue weighted by Crippen LogP contribution is -2.35. The minimum absolute atomic E-state index is 0.159. The molecule has 1 aliphatic carbocycles. The fourth-order valence-electron chi connectivity index (χ4n) is 3.03. The molecule has 0 saturated heterocycles. The van der Waals surface area contributed by atoms with E-state index in [1.54, 1.807) is 0 Å². The number of hydrogen-bond acceptors (Lipinski definition) is 1. The van der Waals surface area contributed by atoms with Gasteiger partial charge in [-0.1, -0.05) is 43.9 Å². The highest BCUT2D eigenvalue weighted by molar-refractivity contribution is 5.33. The summed E-state index contributed by atoms with van der Waals surface area (Å²) in [6, 6.07) is 6.67. The Labute approximate surface area is 105 Å². The standard InChI is InChI=1S/C16H25N/c1-12-8-9-15(10-13(12)2)16(3,17)11-14-6-4-5-7-14/h8-10,14H,4-7,11,17H2,1-3H3. The average Bonchev–Trinajstić information content (AvgIpc) is 2.73. The Bertz CT molecular complexity index is 387. The van der Waals surface area contributed by atoms with E-state index in [0.717, 1.165) is 12.3 Å². The van der Waals surface area contributed by atoms with Gasteiger partial charge in [0.1, 0.15) is 0 Å². The lowest BCUT2D eigenvalue weighted by molar-refractivity contribution is 0.349.